The van der Waals surface area contributed by atoms with E-state index in [0.29, 0.717) is 5.92 Å². The number of piperidine rings is 1. The topological polar surface area (TPSA) is 41.6 Å². The van der Waals surface area contributed by atoms with Crippen LogP contribution in [0.2, 0.25) is 0 Å². The summed E-state index contributed by atoms with van der Waals surface area (Å²) in [6, 6.07) is 0. The molecule has 1 saturated carbocycles. The minimum Gasteiger partial charge on any atom is -0.387 e. The highest BCUT2D eigenvalue weighted by atomic mass is 15.1. The zero-order valence-corrected chi connectivity index (χ0v) is 10.3. The summed E-state index contributed by atoms with van der Waals surface area (Å²) in [6.07, 6.45) is 9.34. The van der Waals surface area contributed by atoms with Crippen LogP contribution in [0.25, 0.3) is 0 Å². The summed E-state index contributed by atoms with van der Waals surface area (Å²) in [4.78, 5) is 7.08. The minimum atomic E-state index is 0.598. The van der Waals surface area contributed by atoms with Crippen LogP contribution in [-0.2, 0) is 0 Å². The van der Waals surface area contributed by atoms with Gasteiger partial charge in [-0.05, 0) is 38.8 Å². The van der Waals surface area contributed by atoms with Crippen LogP contribution in [0.3, 0.4) is 0 Å². The van der Waals surface area contributed by atoms with Crippen LogP contribution < -0.4 is 5.73 Å². The lowest BCUT2D eigenvalue weighted by atomic mass is 10.1. The second-order valence-corrected chi connectivity index (χ2v) is 5.19. The molecule has 0 aromatic heterocycles. The first kappa shape index (κ1) is 11.9. The van der Waals surface area contributed by atoms with E-state index in [4.69, 9.17) is 5.73 Å². The van der Waals surface area contributed by atoms with Crippen LogP contribution in [0.1, 0.15) is 44.9 Å². The maximum atomic E-state index is 6.03. The lowest BCUT2D eigenvalue weighted by molar-refractivity contribution is 0.235. The molecule has 0 aromatic rings. The molecule has 1 saturated heterocycles. The van der Waals surface area contributed by atoms with E-state index in [9.17, 15) is 0 Å². The molecule has 92 valence electrons. The van der Waals surface area contributed by atoms with Crippen molar-refractivity contribution in [2.75, 3.05) is 26.2 Å². The molecule has 1 heterocycles. The standard InChI is InChI=1S/C13H25N3/c14-13(12-6-2-3-7-12)15-8-11-16-9-4-1-5-10-16/h12H,1-11H2,(H2,14,15). The number of aliphatic imine (C=N–C) groups is 1. The minimum absolute atomic E-state index is 0.598. The van der Waals surface area contributed by atoms with Crippen LogP contribution in [-0.4, -0.2) is 36.9 Å². The summed E-state index contributed by atoms with van der Waals surface area (Å²) in [6.45, 7) is 4.54. The van der Waals surface area contributed by atoms with Crippen molar-refractivity contribution in [2.45, 2.75) is 44.9 Å². The van der Waals surface area contributed by atoms with Crippen molar-refractivity contribution < 1.29 is 0 Å². The van der Waals surface area contributed by atoms with Gasteiger partial charge in [0, 0.05) is 12.5 Å². The molecule has 0 aromatic carbocycles. The van der Waals surface area contributed by atoms with Gasteiger partial charge in [-0.1, -0.05) is 19.3 Å². The van der Waals surface area contributed by atoms with Gasteiger partial charge in [0.1, 0.15) is 0 Å². The summed E-state index contributed by atoms with van der Waals surface area (Å²) in [5, 5.41) is 0. The third kappa shape index (κ3) is 3.48. The quantitative estimate of drug-likeness (QED) is 0.585. The third-order valence-corrected chi connectivity index (χ3v) is 3.93. The molecule has 0 amide bonds. The van der Waals surface area contributed by atoms with E-state index >= 15 is 0 Å². The number of nitrogens with zero attached hydrogens (tertiary/aromatic N) is 2. The van der Waals surface area contributed by atoms with Crippen molar-refractivity contribution >= 4 is 5.84 Å². The molecule has 2 N–H and O–H groups in total. The first-order valence-electron chi connectivity index (χ1n) is 6.88. The van der Waals surface area contributed by atoms with Crippen molar-refractivity contribution in [3.8, 4) is 0 Å². The molecular formula is C13H25N3. The summed E-state index contributed by atoms with van der Waals surface area (Å²) in [7, 11) is 0. The highest BCUT2D eigenvalue weighted by molar-refractivity contribution is 5.83. The third-order valence-electron chi connectivity index (χ3n) is 3.93. The van der Waals surface area contributed by atoms with Gasteiger partial charge in [-0.15, -0.1) is 0 Å². The summed E-state index contributed by atoms with van der Waals surface area (Å²) in [5.41, 5.74) is 6.03. The average Bonchev–Trinajstić information content (AvgIpc) is 2.84. The van der Waals surface area contributed by atoms with Crippen molar-refractivity contribution in [1.82, 2.24) is 4.90 Å². The fourth-order valence-corrected chi connectivity index (χ4v) is 2.85. The van der Waals surface area contributed by atoms with Crippen molar-refractivity contribution in [3.63, 3.8) is 0 Å². The molecule has 1 aliphatic heterocycles. The molecule has 16 heavy (non-hydrogen) atoms. The molecule has 2 fully saturated rings. The number of amidine groups is 1. The first-order chi connectivity index (χ1) is 7.86. The molecule has 2 rings (SSSR count). The Morgan fingerprint density at radius 2 is 1.75 bits per heavy atom. The van der Waals surface area contributed by atoms with Crippen LogP contribution in [0.5, 0.6) is 0 Å². The molecule has 0 atom stereocenters. The number of nitrogens with two attached hydrogens (primary N) is 1. The number of hydrogen-bond donors (Lipinski definition) is 1. The molecule has 1 aliphatic carbocycles. The Morgan fingerprint density at radius 1 is 1.06 bits per heavy atom. The molecule has 3 nitrogen and oxygen atoms in total. The van der Waals surface area contributed by atoms with Gasteiger partial charge in [0.05, 0.1) is 12.4 Å². The molecule has 2 aliphatic rings. The summed E-state index contributed by atoms with van der Waals surface area (Å²) >= 11 is 0. The Balaban J connectivity index is 1.66. The molecule has 0 bridgehead atoms. The van der Waals surface area contributed by atoms with Gasteiger partial charge in [0.15, 0.2) is 0 Å². The maximum Gasteiger partial charge on any atom is 0.0968 e. The molecular weight excluding hydrogens is 198 g/mol. The predicted molar refractivity (Wildman–Crippen MR) is 68.7 cm³/mol. The van der Waals surface area contributed by atoms with E-state index < -0.39 is 0 Å². The zero-order valence-electron chi connectivity index (χ0n) is 10.3. The Hall–Kier alpha value is -0.570. The van der Waals surface area contributed by atoms with E-state index in [1.54, 1.807) is 0 Å². The van der Waals surface area contributed by atoms with Gasteiger partial charge in [0.2, 0.25) is 0 Å². The molecule has 0 spiro atoms. The Labute approximate surface area is 99.1 Å². The van der Waals surface area contributed by atoms with Crippen molar-refractivity contribution in [1.29, 1.82) is 0 Å². The molecule has 0 radical (unpaired) electrons. The SMILES string of the molecule is NC(=NCCN1CCCCC1)C1CCCC1. The van der Waals surface area contributed by atoms with E-state index in [0.717, 1.165) is 18.9 Å². The molecule has 0 unspecified atom stereocenters. The van der Waals surface area contributed by atoms with Crippen molar-refractivity contribution in [3.05, 3.63) is 0 Å². The Bertz CT molecular complexity index is 225. The highest BCUT2D eigenvalue weighted by Crippen LogP contribution is 2.24. The van der Waals surface area contributed by atoms with Gasteiger partial charge < -0.3 is 10.6 Å². The number of rotatable bonds is 4. The maximum absolute atomic E-state index is 6.03. The fraction of sp³-hybridized carbons (Fsp3) is 0.923. The smallest absolute Gasteiger partial charge is 0.0968 e. The summed E-state index contributed by atoms with van der Waals surface area (Å²) < 4.78 is 0. The van der Waals surface area contributed by atoms with E-state index in [2.05, 4.69) is 9.89 Å². The normalized spacial score (nSPS) is 25.1. The van der Waals surface area contributed by atoms with Crippen molar-refractivity contribution in [2.24, 2.45) is 16.6 Å². The predicted octanol–water partition coefficient (Wildman–Crippen LogP) is 2.02. The zero-order chi connectivity index (χ0) is 11.2. The van der Waals surface area contributed by atoms with E-state index in [1.165, 1.54) is 58.0 Å². The lowest BCUT2D eigenvalue weighted by Crippen LogP contribution is -2.32. The van der Waals surface area contributed by atoms with Gasteiger partial charge in [-0.2, -0.15) is 0 Å². The van der Waals surface area contributed by atoms with E-state index in [-0.39, 0.29) is 0 Å². The van der Waals surface area contributed by atoms with Crippen LogP contribution >= 0.6 is 0 Å². The lowest BCUT2D eigenvalue weighted by Gasteiger charge is -2.25. The highest BCUT2D eigenvalue weighted by Gasteiger charge is 2.18. The van der Waals surface area contributed by atoms with Crippen LogP contribution in [0.15, 0.2) is 4.99 Å². The van der Waals surface area contributed by atoms with Gasteiger partial charge >= 0.3 is 0 Å². The average molecular weight is 223 g/mol. The van der Waals surface area contributed by atoms with Gasteiger partial charge in [-0.3, -0.25) is 4.99 Å². The van der Waals surface area contributed by atoms with Gasteiger partial charge in [0.25, 0.3) is 0 Å². The second-order valence-electron chi connectivity index (χ2n) is 5.19. The Kier molecular flexibility index (Phi) is 4.64. The van der Waals surface area contributed by atoms with Crippen LogP contribution in [0.4, 0.5) is 0 Å². The van der Waals surface area contributed by atoms with Crippen LogP contribution in [0, 0.1) is 5.92 Å². The summed E-state index contributed by atoms with van der Waals surface area (Å²) in [5.74, 6) is 1.52. The fourth-order valence-electron chi connectivity index (χ4n) is 2.85. The largest absolute Gasteiger partial charge is 0.387 e. The van der Waals surface area contributed by atoms with Gasteiger partial charge in [-0.25, -0.2) is 0 Å². The second kappa shape index (κ2) is 6.24. The molecule has 3 heteroatoms. The monoisotopic (exact) mass is 223 g/mol. The Morgan fingerprint density at radius 3 is 2.44 bits per heavy atom. The first-order valence-corrected chi connectivity index (χ1v) is 6.88. The number of likely N-dealkylation sites (tertiary alicyclic amines) is 1. The van der Waals surface area contributed by atoms with E-state index in [1.807, 2.05) is 0 Å². The number of hydrogen-bond acceptors (Lipinski definition) is 2.